The molecule has 0 aliphatic heterocycles. The molecule has 0 aromatic heterocycles. The second-order valence-electron chi connectivity index (χ2n) is 4.86. The summed E-state index contributed by atoms with van der Waals surface area (Å²) in [5.41, 5.74) is 2.63. The number of unbranched alkanes of at least 4 members (excludes halogenated alkanes) is 2. The van der Waals surface area contributed by atoms with Gasteiger partial charge in [0.2, 0.25) is 0 Å². The highest BCUT2D eigenvalue weighted by molar-refractivity contribution is 5.45. The van der Waals surface area contributed by atoms with E-state index >= 15 is 0 Å². The number of benzene rings is 1. The first-order valence-corrected chi connectivity index (χ1v) is 7.14. The van der Waals surface area contributed by atoms with Crippen LogP contribution in [0.15, 0.2) is 24.3 Å². The van der Waals surface area contributed by atoms with Crippen LogP contribution < -0.4 is 5.32 Å². The molecule has 0 amide bonds. The van der Waals surface area contributed by atoms with Gasteiger partial charge >= 0.3 is 0 Å². The summed E-state index contributed by atoms with van der Waals surface area (Å²) in [5, 5.41) is 3.50. The van der Waals surface area contributed by atoms with Crippen molar-refractivity contribution in [2.45, 2.75) is 52.0 Å². The summed E-state index contributed by atoms with van der Waals surface area (Å²) >= 11 is 0. The van der Waals surface area contributed by atoms with Crippen molar-refractivity contribution in [3.8, 4) is 0 Å². The van der Waals surface area contributed by atoms with Gasteiger partial charge in [-0.2, -0.15) is 0 Å². The van der Waals surface area contributed by atoms with E-state index in [4.69, 9.17) is 4.74 Å². The van der Waals surface area contributed by atoms with Gasteiger partial charge in [0.25, 0.3) is 0 Å². The second kappa shape index (κ2) is 8.98. The molecule has 1 atom stereocenters. The standard InChI is InChI=1S/C16H27NO/c1-4-6-7-8-14-9-11-16(12-10-14)17-15(5-2)13-18-3/h9-12,15,17H,4-8,13H2,1-3H3. The van der Waals surface area contributed by atoms with E-state index in [-0.39, 0.29) is 0 Å². The molecule has 18 heavy (non-hydrogen) atoms. The fraction of sp³-hybridized carbons (Fsp3) is 0.625. The Morgan fingerprint density at radius 1 is 1.11 bits per heavy atom. The van der Waals surface area contributed by atoms with Gasteiger partial charge in [-0.15, -0.1) is 0 Å². The van der Waals surface area contributed by atoms with Crippen LogP contribution in [-0.4, -0.2) is 19.8 Å². The average molecular weight is 249 g/mol. The lowest BCUT2D eigenvalue weighted by atomic mass is 10.1. The highest BCUT2D eigenvalue weighted by Gasteiger charge is 2.04. The van der Waals surface area contributed by atoms with Crippen LogP contribution in [0.25, 0.3) is 0 Å². The maximum atomic E-state index is 5.19. The molecule has 0 saturated heterocycles. The highest BCUT2D eigenvalue weighted by atomic mass is 16.5. The van der Waals surface area contributed by atoms with E-state index in [1.54, 1.807) is 7.11 Å². The summed E-state index contributed by atoms with van der Waals surface area (Å²) < 4.78 is 5.19. The molecule has 0 aliphatic carbocycles. The molecule has 0 aliphatic rings. The summed E-state index contributed by atoms with van der Waals surface area (Å²) in [6, 6.07) is 9.23. The molecule has 1 aromatic carbocycles. The van der Waals surface area contributed by atoms with E-state index < -0.39 is 0 Å². The smallest absolute Gasteiger partial charge is 0.0663 e. The fourth-order valence-corrected chi connectivity index (χ4v) is 2.05. The fourth-order valence-electron chi connectivity index (χ4n) is 2.05. The van der Waals surface area contributed by atoms with Gasteiger partial charge in [0, 0.05) is 18.8 Å². The SMILES string of the molecule is CCCCCc1ccc(NC(CC)COC)cc1. The Bertz CT molecular complexity index is 307. The van der Waals surface area contributed by atoms with Crippen LogP contribution in [0.1, 0.15) is 45.1 Å². The monoisotopic (exact) mass is 249 g/mol. The zero-order valence-corrected chi connectivity index (χ0v) is 12.0. The minimum Gasteiger partial charge on any atom is -0.383 e. The number of methoxy groups -OCH3 is 1. The van der Waals surface area contributed by atoms with E-state index in [1.165, 1.54) is 36.9 Å². The number of ether oxygens (including phenoxy) is 1. The van der Waals surface area contributed by atoms with E-state index in [2.05, 4.69) is 43.4 Å². The van der Waals surface area contributed by atoms with Gasteiger partial charge in [0.05, 0.1) is 6.61 Å². The molecule has 0 fully saturated rings. The predicted octanol–water partition coefficient (Wildman–Crippen LogP) is 4.26. The number of hydrogen-bond acceptors (Lipinski definition) is 2. The molecule has 0 saturated carbocycles. The quantitative estimate of drug-likeness (QED) is 0.660. The molecule has 1 aromatic rings. The van der Waals surface area contributed by atoms with Crippen LogP contribution in [0.2, 0.25) is 0 Å². The maximum Gasteiger partial charge on any atom is 0.0663 e. The highest BCUT2D eigenvalue weighted by Crippen LogP contribution is 2.14. The van der Waals surface area contributed by atoms with Gasteiger partial charge < -0.3 is 10.1 Å². The molecular formula is C16H27NO. The van der Waals surface area contributed by atoms with Gasteiger partial charge in [-0.25, -0.2) is 0 Å². The number of hydrogen-bond donors (Lipinski definition) is 1. The van der Waals surface area contributed by atoms with Crippen molar-refractivity contribution in [2.75, 3.05) is 19.0 Å². The molecule has 0 bridgehead atoms. The molecule has 0 heterocycles. The van der Waals surface area contributed by atoms with Crippen molar-refractivity contribution >= 4 is 5.69 Å². The van der Waals surface area contributed by atoms with Crippen LogP contribution in [0.3, 0.4) is 0 Å². The van der Waals surface area contributed by atoms with Crippen molar-refractivity contribution in [1.29, 1.82) is 0 Å². The third-order valence-electron chi connectivity index (χ3n) is 3.25. The first-order chi connectivity index (χ1) is 8.80. The number of nitrogens with one attached hydrogen (secondary N) is 1. The minimum atomic E-state index is 0.404. The van der Waals surface area contributed by atoms with Crippen LogP contribution in [0.5, 0.6) is 0 Å². The Labute approximate surface area is 112 Å². The van der Waals surface area contributed by atoms with Crippen LogP contribution >= 0.6 is 0 Å². The topological polar surface area (TPSA) is 21.3 Å². The lowest BCUT2D eigenvalue weighted by molar-refractivity contribution is 0.184. The zero-order chi connectivity index (χ0) is 13.2. The lowest BCUT2D eigenvalue weighted by Crippen LogP contribution is -2.23. The van der Waals surface area contributed by atoms with Gasteiger partial charge in [0.1, 0.15) is 0 Å². The molecule has 2 nitrogen and oxygen atoms in total. The largest absolute Gasteiger partial charge is 0.383 e. The van der Waals surface area contributed by atoms with Crippen molar-refractivity contribution in [3.05, 3.63) is 29.8 Å². The molecule has 0 spiro atoms. The Kier molecular flexibility index (Phi) is 7.51. The Morgan fingerprint density at radius 3 is 2.39 bits per heavy atom. The first kappa shape index (κ1) is 15.0. The van der Waals surface area contributed by atoms with Gasteiger partial charge in [-0.3, -0.25) is 0 Å². The van der Waals surface area contributed by atoms with Crippen molar-refractivity contribution in [3.63, 3.8) is 0 Å². The molecule has 102 valence electrons. The summed E-state index contributed by atoms with van der Waals surface area (Å²) in [6.07, 6.45) is 6.18. The summed E-state index contributed by atoms with van der Waals surface area (Å²) in [7, 11) is 1.75. The molecule has 2 heteroatoms. The summed E-state index contributed by atoms with van der Waals surface area (Å²) in [4.78, 5) is 0. The average Bonchev–Trinajstić information content (AvgIpc) is 2.40. The Balaban J connectivity index is 2.43. The van der Waals surface area contributed by atoms with Crippen LogP contribution in [0, 0.1) is 0 Å². The van der Waals surface area contributed by atoms with E-state index in [9.17, 15) is 0 Å². The molecule has 0 radical (unpaired) electrons. The number of rotatable bonds is 9. The molecule has 1 rings (SSSR count). The van der Waals surface area contributed by atoms with Gasteiger partial charge in [-0.05, 0) is 37.0 Å². The predicted molar refractivity (Wildman–Crippen MR) is 79.2 cm³/mol. The summed E-state index contributed by atoms with van der Waals surface area (Å²) in [5.74, 6) is 0. The van der Waals surface area contributed by atoms with E-state index in [0.717, 1.165) is 13.0 Å². The third-order valence-corrected chi connectivity index (χ3v) is 3.25. The molecular weight excluding hydrogens is 222 g/mol. The third kappa shape index (κ3) is 5.54. The van der Waals surface area contributed by atoms with E-state index in [1.807, 2.05) is 0 Å². The molecule has 1 unspecified atom stereocenters. The zero-order valence-electron chi connectivity index (χ0n) is 12.0. The van der Waals surface area contributed by atoms with Crippen LogP contribution in [-0.2, 0) is 11.2 Å². The molecule has 1 N–H and O–H groups in total. The van der Waals surface area contributed by atoms with Crippen molar-refractivity contribution in [2.24, 2.45) is 0 Å². The van der Waals surface area contributed by atoms with Gasteiger partial charge in [0.15, 0.2) is 0 Å². The lowest BCUT2D eigenvalue weighted by Gasteiger charge is -2.17. The van der Waals surface area contributed by atoms with Crippen molar-refractivity contribution < 1.29 is 4.74 Å². The second-order valence-corrected chi connectivity index (χ2v) is 4.86. The first-order valence-electron chi connectivity index (χ1n) is 7.14. The minimum absolute atomic E-state index is 0.404. The van der Waals surface area contributed by atoms with Gasteiger partial charge in [-0.1, -0.05) is 38.8 Å². The summed E-state index contributed by atoms with van der Waals surface area (Å²) in [6.45, 7) is 5.18. The van der Waals surface area contributed by atoms with E-state index in [0.29, 0.717) is 6.04 Å². The maximum absolute atomic E-state index is 5.19. The Hall–Kier alpha value is -1.02. The number of anilines is 1. The number of aryl methyl sites for hydroxylation is 1. The Morgan fingerprint density at radius 2 is 1.83 bits per heavy atom. The normalized spacial score (nSPS) is 12.4. The van der Waals surface area contributed by atoms with Crippen molar-refractivity contribution in [1.82, 2.24) is 0 Å². The van der Waals surface area contributed by atoms with Crippen LogP contribution in [0.4, 0.5) is 5.69 Å².